The van der Waals surface area contributed by atoms with Crippen molar-refractivity contribution in [2.75, 3.05) is 13.1 Å². The van der Waals surface area contributed by atoms with Gasteiger partial charge in [0.1, 0.15) is 5.82 Å². The topological polar surface area (TPSA) is 35.2 Å². The molecule has 1 aromatic heterocycles. The Bertz CT molecular complexity index is 929. The van der Waals surface area contributed by atoms with Crippen molar-refractivity contribution in [1.29, 1.82) is 0 Å². The summed E-state index contributed by atoms with van der Waals surface area (Å²) >= 11 is 0. The van der Waals surface area contributed by atoms with E-state index in [1.807, 2.05) is 52.8 Å². The van der Waals surface area contributed by atoms with Crippen molar-refractivity contribution in [1.82, 2.24) is 19.8 Å². The summed E-state index contributed by atoms with van der Waals surface area (Å²) in [5.74, 6) is 1.74. The van der Waals surface area contributed by atoms with Crippen molar-refractivity contribution in [3.63, 3.8) is 0 Å². The van der Waals surface area contributed by atoms with E-state index in [1.165, 1.54) is 49.9 Å². The zero-order chi connectivity index (χ0) is 25.3. The van der Waals surface area contributed by atoms with Gasteiger partial charge >= 0.3 is 0 Å². The van der Waals surface area contributed by atoms with Gasteiger partial charge in [0.2, 0.25) is 0 Å². The quantitative estimate of drug-likeness (QED) is 0.567. The molecule has 0 aromatic carbocycles. The van der Waals surface area contributed by atoms with Crippen LogP contribution >= 0.6 is 0 Å². The summed E-state index contributed by atoms with van der Waals surface area (Å²) in [5, 5.41) is 1.84. The van der Waals surface area contributed by atoms with Crippen molar-refractivity contribution in [2.24, 2.45) is 11.3 Å². The van der Waals surface area contributed by atoms with Gasteiger partial charge in [-0.2, -0.15) is 0 Å². The number of fused-ring (bicyclic) bond motifs is 2. The Labute approximate surface area is 209 Å². The molecule has 1 aromatic rings. The van der Waals surface area contributed by atoms with Gasteiger partial charge in [-0.25, -0.2) is 4.98 Å². The molecule has 2 aliphatic heterocycles. The van der Waals surface area contributed by atoms with Gasteiger partial charge < -0.3 is 14.8 Å². The average Bonchev–Trinajstić information content (AvgIpc) is 3.35. The summed E-state index contributed by atoms with van der Waals surface area (Å²) < 4.78 is 0. The second-order valence-electron chi connectivity index (χ2n) is 9.34. The second-order valence-corrected chi connectivity index (χ2v) is 9.34. The fourth-order valence-corrected chi connectivity index (χ4v) is 6.19. The van der Waals surface area contributed by atoms with E-state index < -0.39 is 0 Å². The summed E-state index contributed by atoms with van der Waals surface area (Å²) in [6.07, 6.45) is 14.9. The molecule has 1 spiro atoms. The SMILES string of the molecule is C=C(CC)N1CCC2(CC1)C(=C)N(Cc1n/c(=C/C=C\C)c(=C)[nH]1)C1CCCCC12.CC.CC. The fraction of sp³-hybridized carbons (Fsp3) is 0.633. The molecule has 34 heavy (non-hydrogen) atoms. The molecule has 1 aliphatic carbocycles. The molecule has 2 unspecified atom stereocenters. The molecule has 4 rings (SSSR count). The smallest absolute Gasteiger partial charge is 0.126 e. The highest BCUT2D eigenvalue weighted by Gasteiger charge is 2.55. The Morgan fingerprint density at radius 3 is 2.38 bits per heavy atom. The summed E-state index contributed by atoms with van der Waals surface area (Å²) in [6, 6.07) is 0.605. The van der Waals surface area contributed by atoms with Gasteiger partial charge in [-0.15, -0.1) is 0 Å². The molecule has 2 saturated heterocycles. The lowest BCUT2D eigenvalue weighted by Crippen LogP contribution is -2.44. The van der Waals surface area contributed by atoms with Crippen LogP contribution in [0.15, 0.2) is 36.7 Å². The van der Waals surface area contributed by atoms with E-state index >= 15 is 0 Å². The molecule has 4 heteroatoms. The van der Waals surface area contributed by atoms with Crippen LogP contribution in [0, 0.1) is 11.3 Å². The number of rotatable bonds is 5. The molecular formula is C30H50N4. The molecule has 3 fully saturated rings. The predicted octanol–water partition coefficient (Wildman–Crippen LogP) is 6.12. The lowest BCUT2D eigenvalue weighted by Gasteiger charge is -2.45. The third kappa shape index (κ3) is 5.53. The summed E-state index contributed by atoms with van der Waals surface area (Å²) in [5.41, 5.74) is 2.91. The van der Waals surface area contributed by atoms with E-state index in [9.17, 15) is 0 Å². The van der Waals surface area contributed by atoms with E-state index in [-0.39, 0.29) is 5.41 Å². The van der Waals surface area contributed by atoms with Crippen LogP contribution in [0.3, 0.4) is 0 Å². The molecule has 1 N–H and O–H groups in total. The minimum atomic E-state index is 0.259. The Morgan fingerprint density at radius 1 is 1.12 bits per heavy atom. The highest BCUT2D eigenvalue weighted by Crippen LogP contribution is 2.58. The number of nitrogens with one attached hydrogen (secondary N) is 1. The van der Waals surface area contributed by atoms with E-state index in [1.54, 1.807) is 0 Å². The Hall–Kier alpha value is -2.23. The van der Waals surface area contributed by atoms with Gasteiger partial charge in [0, 0.05) is 35.9 Å². The zero-order valence-electron chi connectivity index (χ0n) is 22.9. The zero-order valence-corrected chi connectivity index (χ0v) is 22.9. The van der Waals surface area contributed by atoms with Gasteiger partial charge in [-0.1, -0.05) is 79.3 Å². The summed E-state index contributed by atoms with van der Waals surface area (Å²) in [4.78, 5) is 13.4. The Kier molecular flexibility index (Phi) is 10.7. The van der Waals surface area contributed by atoms with Gasteiger partial charge in [0.05, 0.1) is 17.2 Å². The Balaban J connectivity index is 0.000000970. The van der Waals surface area contributed by atoms with E-state index in [2.05, 4.69) is 34.9 Å². The van der Waals surface area contributed by atoms with Gasteiger partial charge in [0.25, 0.3) is 0 Å². The van der Waals surface area contributed by atoms with E-state index in [0.717, 1.165) is 48.5 Å². The molecule has 0 radical (unpaired) electrons. The minimum absolute atomic E-state index is 0.259. The normalized spacial score (nSPS) is 23.9. The number of likely N-dealkylation sites (tertiary alicyclic amines) is 2. The van der Waals surface area contributed by atoms with Crippen molar-refractivity contribution >= 4 is 12.7 Å². The maximum atomic E-state index is 4.84. The summed E-state index contributed by atoms with van der Waals surface area (Å²) in [7, 11) is 0. The molecule has 0 bridgehead atoms. The molecule has 3 aliphatic rings. The highest BCUT2D eigenvalue weighted by atomic mass is 15.2. The number of nitrogens with zero attached hydrogens (tertiary/aromatic N) is 3. The second kappa shape index (κ2) is 13.0. The van der Waals surface area contributed by atoms with Crippen LogP contribution in [0.2, 0.25) is 0 Å². The monoisotopic (exact) mass is 466 g/mol. The number of aromatic nitrogens is 2. The van der Waals surface area contributed by atoms with E-state index in [4.69, 9.17) is 11.6 Å². The number of H-pyrrole nitrogens is 1. The van der Waals surface area contributed by atoms with Crippen molar-refractivity contribution in [3.8, 4) is 0 Å². The maximum absolute atomic E-state index is 4.84. The number of hydrogen-bond acceptors (Lipinski definition) is 3. The molecule has 0 amide bonds. The van der Waals surface area contributed by atoms with Gasteiger partial charge in [-0.3, -0.25) is 0 Å². The molecular weight excluding hydrogens is 416 g/mol. The fourth-order valence-electron chi connectivity index (χ4n) is 6.19. The number of hydrogen-bond donors (Lipinski definition) is 1. The minimum Gasteiger partial charge on any atom is -0.375 e. The van der Waals surface area contributed by atoms with Gasteiger partial charge in [0.15, 0.2) is 0 Å². The molecule has 2 atom stereocenters. The predicted molar refractivity (Wildman–Crippen MR) is 148 cm³/mol. The van der Waals surface area contributed by atoms with Gasteiger partial charge in [-0.05, 0) is 51.0 Å². The number of imidazole rings is 1. The summed E-state index contributed by atoms with van der Waals surface area (Å²) in [6.45, 7) is 28.4. The number of piperidine rings is 1. The van der Waals surface area contributed by atoms with Crippen molar-refractivity contribution in [2.45, 2.75) is 99.1 Å². The highest BCUT2D eigenvalue weighted by molar-refractivity contribution is 5.34. The third-order valence-corrected chi connectivity index (χ3v) is 7.90. The number of allylic oxidation sites excluding steroid dienone is 4. The standard InChI is InChI=1S/C26H38N4.2C2H6/c1-6-8-12-23-20(4)27-25(28-23)18-30-21(5)26(22-11-9-10-13-24(22)30)14-16-29(17-15-26)19(3)7-2;2*1-2/h6,8,12,22,24H,3-5,7,9-11,13-18H2,1-2H3,(H,27,28);2*1-2H3/b8-6-,23-12+;;. The van der Waals surface area contributed by atoms with Crippen LogP contribution in [0.4, 0.5) is 0 Å². The van der Waals surface area contributed by atoms with Crippen LogP contribution in [0.5, 0.6) is 0 Å². The first-order valence-corrected chi connectivity index (χ1v) is 13.8. The lowest BCUT2D eigenvalue weighted by molar-refractivity contribution is 0.0873. The van der Waals surface area contributed by atoms with Crippen LogP contribution in [0.1, 0.15) is 92.3 Å². The molecule has 190 valence electrons. The van der Waals surface area contributed by atoms with Crippen LogP contribution in [-0.2, 0) is 6.54 Å². The van der Waals surface area contributed by atoms with Crippen LogP contribution in [0.25, 0.3) is 12.7 Å². The third-order valence-electron chi connectivity index (χ3n) is 7.90. The van der Waals surface area contributed by atoms with E-state index in [0.29, 0.717) is 6.04 Å². The van der Waals surface area contributed by atoms with Crippen molar-refractivity contribution < 1.29 is 0 Å². The lowest BCUT2D eigenvalue weighted by atomic mass is 9.64. The average molecular weight is 467 g/mol. The molecule has 4 nitrogen and oxygen atoms in total. The number of aromatic amines is 1. The molecule has 1 saturated carbocycles. The maximum Gasteiger partial charge on any atom is 0.126 e. The first-order chi connectivity index (χ1) is 16.5. The van der Waals surface area contributed by atoms with Crippen LogP contribution < -0.4 is 10.7 Å². The largest absolute Gasteiger partial charge is 0.375 e. The first kappa shape index (κ1) is 28.0. The Morgan fingerprint density at radius 2 is 1.76 bits per heavy atom. The van der Waals surface area contributed by atoms with Crippen molar-refractivity contribution in [3.05, 3.63) is 53.2 Å². The van der Waals surface area contributed by atoms with Crippen LogP contribution in [-0.4, -0.2) is 38.9 Å². The first-order valence-electron chi connectivity index (χ1n) is 13.8. The molecule has 3 heterocycles.